The van der Waals surface area contributed by atoms with Crippen molar-refractivity contribution >= 4 is 11.6 Å². The van der Waals surface area contributed by atoms with E-state index in [4.69, 9.17) is 4.74 Å². The summed E-state index contributed by atoms with van der Waals surface area (Å²) in [6.07, 6.45) is 9.13. The number of anilines is 1. The second kappa shape index (κ2) is 8.25. The molecule has 2 saturated heterocycles. The molecule has 4 nitrogen and oxygen atoms in total. The first-order chi connectivity index (χ1) is 14.0. The number of ether oxygens (including phenoxy) is 1. The Morgan fingerprint density at radius 2 is 2.00 bits per heavy atom. The lowest BCUT2D eigenvalue weighted by molar-refractivity contribution is -0.121. The van der Waals surface area contributed by atoms with E-state index in [1.54, 1.807) is 11.0 Å². The Balaban J connectivity index is 1.51. The van der Waals surface area contributed by atoms with Crippen LogP contribution < -0.4 is 9.64 Å². The summed E-state index contributed by atoms with van der Waals surface area (Å²) in [4.78, 5) is 17.2. The molecule has 0 aromatic heterocycles. The molecule has 1 aromatic rings. The van der Waals surface area contributed by atoms with Crippen LogP contribution in [-0.2, 0) is 4.79 Å². The van der Waals surface area contributed by atoms with Gasteiger partial charge in [-0.05, 0) is 49.7 Å². The first kappa shape index (κ1) is 20.6. The van der Waals surface area contributed by atoms with E-state index >= 15 is 0 Å². The van der Waals surface area contributed by atoms with Gasteiger partial charge in [0.15, 0.2) is 6.61 Å². The molecule has 3 aliphatic heterocycles. The minimum absolute atomic E-state index is 0.00675. The fourth-order valence-electron chi connectivity index (χ4n) is 6.40. The molecule has 0 radical (unpaired) electrons. The van der Waals surface area contributed by atoms with Crippen molar-refractivity contribution in [3.63, 3.8) is 0 Å². The fourth-order valence-corrected chi connectivity index (χ4v) is 6.40. The van der Waals surface area contributed by atoms with Gasteiger partial charge in [0.05, 0.1) is 5.69 Å². The number of piperidine rings is 1. The van der Waals surface area contributed by atoms with Gasteiger partial charge in [-0.2, -0.15) is 0 Å². The van der Waals surface area contributed by atoms with Crippen molar-refractivity contribution in [1.29, 1.82) is 0 Å². The van der Waals surface area contributed by atoms with E-state index in [-0.39, 0.29) is 18.3 Å². The van der Waals surface area contributed by atoms with Gasteiger partial charge < -0.3 is 9.64 Å². The quantitative estimate of drug-likeness (QED) is 0.643. The number of rotatable bonds is 7. The molecule has 0 saturated carbocycles. The zero-order chi connectivity index (χ0) is 20.6. The van der Waals surface area contributed by atoms with E-state index in [1.807, 2.05) is 0 Å². The highest BCUT2D eigenvalue weighted by Crippen LogP contribution is 2.50. The maximum absolute atomic E-state index is 13.6. The van der Waals surface area contributed by atoms with Crippen molar-refractivity contribution in [2.75, 3.05) is 24.6 Å². The summed E-state index contributed by atoms with van der Waals surface area (Å²) in [6, 6.07) is 5.16. The normalized spacial score (nSPS) is 27.8. The zero-order valence-corrected chi connectivity index (χ0v) is 18.1. The monoisotopic (exact) mass is 402 g/mol. The van der Waals surface area contributed by atoms with Crippen LogP contribution in [0.15, 0.2) is 18.2 Å². The average Bonchev–Trinajstić information content (AvgIpc) is 2.89. The standard InChI is InChI=1S/C24H35FN2O2/c1-4-18(5-2)24-11-6-7-20(10-12-24)27(24)15-17(3)14-26-21-9-8-19(25)13-22(21)29-16-23(26)28/h8-9,13,17-18,20H,4-7,10-12,14-16H2,1-3H3/t17?,20?,24-/m1/s1. The summed E-state index contributed by atoms with van der Waals surface area (Å²) >= 11 is 0. The third-order valence-corrected chi connectivity index (χ3v) is 7.68. The van der Waals surface area contributed by atoms with Crippen molar-refractivity contribution in [3.05, 3.63) is 24.0 Å². The maximum atomic E-state index is 13.6. The average molecular weight is 403 g/mol. The minimum atomic E-state index is -0.330. The molecule has 1 amide bonds. The first-order valence-corrected chi connectivity index (χ1v) is 11.5. The molecule has 3 heterocycles. The summed E-state index contributed by atoms with van der Waals surface area (Å²) in [5.74, 6) is 1.22. The van der Waals surface area contributed by atoms with Gasteiger partial charge in [-0.3, -0.25) is 9.69 Å². The fraction of sp³-hybridized carbons (Fsp3) is 0.708. The molecule has 0 N–H and O–H groups in total. The van der Waals surface area contributed by atoms with Crippen molar-refractivity contribution in [1.82, 2.24) is 4.90 Å². The van der Waals surface area contributed by atoms with Gasteiger partial charge in [0, 0.05) is 30.7 Å². The van der Waals surface area contributed by atoms with Crippen LogP contribution in [-0.4, -0.2) is 42.1 Å². The zero-order valence-electron chi connectivity index (χ0n) is 18.1. The van der Waals surface area contributed by atoms with Crippen molar-refractivity contribution in [2.24, 2.45) is 11.8 Å². The molecule has 2 bridgehead atoms. The summed E-state index contributed by atoms with van der Waals surface area (Å²) in [5, 5.41) is 0. The molecule has 2 fully saturated rings. The topological polar surface area (TPSA) is 32.8 Å². The highest BCUT2D eigenvalue weighted by Gasteiger charge is 2.51. The molecule has 4 rings (SSSR count). The summed E-state index contributed by atoms with van der Waals surface area (Å²) < 4.78 is 19.0. The predicted octanol–water partition coefficient (Wildman–Crippen LogP) is 5.01. The molecular formula is C24H35FN2O2. The summed E-state index contributed by atoms with van der Waals surface area (Å²) in [6.45, 7) is 8.61. The molecule has 5 heteroatoms. The Morgan fingerprint density at radius 1 is 1.21 bits per heavy atom. The second-order valence-electron chi connectivity index (χ2n) is 9.36. The third kappa shape index (κ3) is 3.67. The van der Waals surface area contributed by atoms with Crippen LogP contribution in [0.5, 0.6) is 5.75 Å². The molecule has 160 valence electrons. The van der Waals surface area contributed by atoms with Gasteiger partial charge >= 0.3 is 0 Å². The van der Waals surface area contributed by atoms with E-state index < -0.39 is 0 Å². The minimum Gasteiger partial charge on any atom is -0.481 e. The lowest BCUT2D eigenvalue weighted by Crippen LogP contribution is -2.56. The van der Waals surface area contributed by atoms with E-state index in [0.717, 1.165) is 12.5 Å². The Hall–Kier alpha value is -1.62. The number of carbonyl (C=O) groups is 1. The molecular weight excluding hydrogens is 367 g/mol. The van der Waals surface area contributed by atoms with Gasteiger partial charge in [-0.25, -0.2) is 4.39 Å². The van der Waals surface area contributed by atoms with Crippen LogP contribution in [0.25, 0.3) is 0 Å². The molecule has 1 aromatic carbocycles. The second-order valence-corrected chi connectivity index (χ2v) is 9.36. The lowest BCUT2D eigenvalue weighted by Gasteiger charge is -2.50. The number of carbonyl (C=O) groups excluding carboxylic acids is 1. The van der Waals surface area contributed by atoms with Crippen LogP contribution in [0.3, 0.4) is 0 Å². The molecule has 29 heavy (non-hydrogen) atoms. The van der Waals surface area contributed by atoms with Gasteiger partial charge in [0.25, 0.3) is 5.91 Å². The Bertz CT molecular complexity index is 746. The summed E-state index contributed by atoms with van der Waals surface area (Å²) in [7, 11) is 0. The van der Waals surface area contributed by atoms with Crippen LogP contribution in [0.2, 0.25) is 0 Å². The molecule has 0 spiro atoms. The number of hydrogen-bond acceptors (Lipinski definition) is 3. The predicted molar refractivity (Wildman–Crippen MR) is 114 cm³/mol. The van der Waals surface area contributed by atoms with E-state index in [2.05, 4.69) is 25.7 Å². The van der Waals surface area contributed by atoms with Crippen LogP contribution in [0.1, 0.15) is 65.7 Å². The summed E-state index contributed by atoms with van der Waals surface area (Å²) in [5.41, 5.74) is 1.06. The molecule has 0 aliphatic carbocycles. The van der Waals surface area contributed by atoms with E-state index in [1.165, 1.54) is 57.1 Å². The molecule has 2 unspecified atom stereocenters. The van der Waals surface area contributed by atoms with E-state index in [0.29, 0.717) is 35.5 Å². The smallest absolute Gasteiger partial charge is 0.265 e. The molecule has 3 atom stereocenters. The Labute approximate surface area is 174 Å². The lowest BCUT2D eigenvalue weighted by atomic mass is 9.74. The Morgan fingerprint density at radius 3 is 2.76 bits per heavy atom. The highest BCUT2D eigenvalue weighted by molar-refractivity contribution is 5.97. The van der Waals surface area contributed by atoms with Crippen molar-refractivity contribution < 1.29 is 13.9 Å². The van der Waals surface area contributed by atoms with Gasteiger partial charge in [-0.1, -0.05) is 40.0 Å². The number of fused-ring (bicyclic) bond motifs is 3. The number of nitrogens with zero attached hydrogens (tertiary/aromatic N) is 2. The number of halogens is 1. The largest absolute Gasteiger partial charge is 0.481 e. The number of amides is 1. The number of hydrogen-bond donors (Lipinski definition) is 0. The van der Waals surface area contributed by atoms with Crippen LogP contribution in [0.4, 0.5) is 10.1 Å². The third-order valence-electron chi connectivity index (χ3n) is 7.68. The number of benzene rings is 1. The van der Waals surface area contributed by atoms with Gasteiger partial charge in [0.2, 0.25) is 0 Å². The van der Waals surface area contributed by atoms with Crippen LogP contribution >= 0.6 is 0 Å². The maximum Gasteiger partial charge on any atom is 0.265 e. The van der Waals surface area contributed by atoms with E-state index in [9.17, 15) is 9.18 Å². The van der Waals surface area contributed by atoms with Crippen molar-refractivity contribution in [2.45, 2.75) is 77.3 Å². The molecule has 3 aliphatic rings. The SMILES string of the molecule is CCC(CC)[C@@]12CCCC(CC1)N2CC(C)CN1C(=O)COc2cc(F)ccc21. The Kier molecular flexibility index (Phi) is 5.87. The van der Waals surface area contributed by atoms with Gasteiger partial charge in [0.1, 0.15) is 11.6 Å². The van der Waals surface area contributed by atoms with Crippen LogP contribution in [0, 0.1) is 17.7 Å². The first-order valence-electron chi connectivity index (χ1n) is 11.5. The van der Waals surface area contributed by atoms with Crippen molar-refractivity contribution in [3.8, 4) is 5.75 Å². The van der Waals surface area contributed by atoms with Gasteiger partial charge in [-0.15, -0.1) is 0 Å². The highest BCUT2D eigenvalue weighted by atomic mass is 19.1.